The quantitative estimate of drug-likeness (QED) is 0.517. The van der Waals surface area contributed by atoms with Gasteiger partial charge in [-0.3, -0.25) is 0 Å². The van der Waals surface area contributed by atoms with Gasteiger partial charge in [0, 0.05) is 13.6 Å². The molecule has 0 radical (unpaired) electrons. The summed E-state index contributed by atoms with van der Waals surface area (Å²) in [5.74, 6) is 0. The Labute approximate surface area is 85.4 Å². The van der Waals surface area contributed by atoms with Crippen LogP contribution in [0.25, 0.3) is 0 Å². The molecule has 0 aromatic heterocycles. The van der Waals surface area contributed by atoms with Crippen LogP contribution in [0.15, 0.2) is 37.0 Å². The first-order valence-corrected chi connectivity index (χ1v) is 4.55. The van der Waals surface area contributed by atoms with Gasteiger partial charge in [-0.1, -0.05) is 31.4 Å². The maximum atomic E-state index is 4.92. The highest BCUT2D eigenvalue weighted by atomic mass is 32.1. The van der Waals surface area contributed by atoms with Gasteiger partial charge in [0.1, 0.15) is 0 Å². The second-order valence-electron chi connectivity index (χ2n) is 2.44. The fraction of sp³-hybridized carbons (Fsp3) is 0.300. The van der Waals surface area contributed by atoms with Crippen molar-refractivity contribution >= 4 is 17.3 Å². The van der Waals surface area contributed by atoms with E-state index in [0.29, 0.717) is 5.11 Å². The zero-order chi connectivity index (χ0) is 10.1. The van der Waals surface area contributed by atoms with Crippen LogP contribution in [-0.4, -0.2) is 18.7 Å². The third-order valence-electron chi connectivity index (χ3n) is 1.52. The summed E-state index contributed by atoms with van der Waals surface area (Å²) in [6.07, 6.45) is 6.42. The minimum absolute atomic E-state index is 0.669. The van der Waals surface area contributed by atoms with E-state index in [1.807, 2.05) is 12.2 Å². The molecule has 0 aliphatic rings. The number of nitrogens with one attached hydrogen (secondary N) is 2. The molecule has 0 aliphatic carbocycles. The van der Waals surface area contributed by atoms with Gasteiger partial charge in [-0.05, 0) is 24.2 Å². The zero-order valence-electron chi connectivity index (χ0n) is 7.97. The van der Waals surface area contributed by atoms with Crippen molar-refractivity contribution in [2.45, 2.75) is 6.42 Å². The highest BCUT2D eigenvalue weighted by molar-refractivity contribution is 7.80. The van der Waals surface area contributed by atoms with Crippen molar-refractivity contribution in [3.05, 3.63) is 37.0 Å². The van der Waals surface area contributed by atoms with Crippen molar-refractivity contribution in [2.75, 3.05) is 13.6 Å². The van der Waals surface area contributed by atoms with Crippen LogP contribution in [0.4, 0.5) is 0 Å². The summed E-state index contributed by atoms with van der Waals surface area (Å²) >= 11 is 4.92. The van der Waals surface area contributed by atoms with E-state index < -0.39 is 0 Å². The summed E-state index contributed by atoms with van der Waals surface area (Å²) in [7, 11) is 1.79. The predicted molar refractivity (Wildman–Crippen MR) is 62.8 cm³/mol. The molecule has 0 fully saturated rings. The minimum Gasteiger partial charge on any atom is -0.366 e. The van der Waals surface area contributed by atoms with Crippen molar-refractivity contribution < 1.29 is 0 Å². The van der Waals surface area contributed by atoms with Gasteiger partial charge in [-0.15, -0.1) is 0 Å². The summed E-state index contributed by atoms with van der Waals surface area (Å²) in [5.41, 5.74) is 1.15. The SMILES string of the molecule is C=C/C=C(\C=C)CCNC(=S)NC. The highest BCUT2D eigenvalue weighted by Gasteiger charge is 1.92. The Balaban J connectivity index is 3.73. The zero-order valence-corrected chi connectivity index (χ0v) is 8.79. The minimum atomic E-state index is 0.669. The molecule has 0 aliphatic heterocycles. The number of hydrogen-bond donors (Lipinski definition) is 2. The van der Waals surface area contributed by atoms with Crippen LogP contribution in [-0.2, 0) is 0 Å². The monoisotopic (exact) mass is 196 g/mol. The Morgan fingerprint density at radius 2 is 2.15 bits per heavy atom. The lowest BCUT2D eigenvalue weighted by atomic mass is 10.2. The normalized spacial score (nSPS) is 10.4. The van der Waals surface area contributed by atoms with E-state index in [9.17, 15) is 0 Å². The van der Waals surface area contributed by atoms with Gasteiger partial charge in [-0.25, -0.2) is 0 Å². The van der Waals surface area contributed by atoms with E-state index in [0.717, 1.165) is 18.5 Å². The molecule has 0 saturated carbocycles. The molecule has 13 heavy (non-hydrogen) atoms. The molecule has 0 bridgehead atoms. The summed E-state index contributed by atoms with van der Waals surface area (Å²) in [4.78, 5) is 0. The molecule has 0 amide bonds. The smallest absolute Gasteiger partial charge is 0.166 e. The summed E-state index contributed by atoms with van der Waals surface area (Å²) < 4.78 is 0. The number of hydrogen-bond acceptors (Lipinski definition) is 1. The fourth-order valence-corrected chi connectivity index (χ4v) is 0.916. The van der Waals surface area contributed by atoms with Crippen molar-refractivity contribution in [1.82, 2.24) is 10.6 Å². The average molecular weight is 196 g/mol. The third kappa shape index (κ3) is 6.11. The van der Waals surface area contributed by atoms with Gasteiger partial charge < -0.3 is 10.6 Å². The van der Waals surface area contributed by atoms with Gasteiger partial charge in [0.25, 0.3) is 0 Å². The Kier molecular flexibility index (Phi) is 6.92. The Morgan fingerprint density at radius 3 is 2.62 bits per heavy atom. The van der Waals surface area contributed by atoms with Crippen LogP contribution >= 0.6 is 12.2 Å². The Morgan fingerprint density at radius 1 is 1.46 bits per heavy atom. The van der Waals surface area contributed by atoms with Crippen LogP contribution in [0, 0.1) is 0 Å². The second kappa shape index (κ2) is 7.55. The van der Waals surface area contributed by atoms with Gasteiger partial charge in [0.2, 0.25) is 0 Å². The van der Waals surface area contributed by atoms with E-state index in [4.69, 9.17) is 12.2 Å². The molecule has 0 saturated heterocycles. The lowest BCUT2D eigenvalue weighted by Crippen LogP contribution is -2.33. The highest BCUT2D eigenvalue weighted by Crippen LogP contribution is 2.00. The molecule has 72 valence electrons. The van der Waals surface area contributed by atoms with Gasteiger partial charge >= 0.3 is 0 Å². The largest absolute Gasteiger partial charge is 0.366 e. The van der Waals surface area contributed by atoms with Gasteiger partial charge in [-0.2, -0.15) is 0 Å². The summed E-state index contributed by atoms with van der Waals surface area (Å²) in [6.45, 7) is 8.14. The van der Waals surface area contributed by atoms with Crippen LogP contribution in [0.5, 0.6) is 0 Å². The topological polar surface area (TPSA) is 24.1 Å². The van der Waals surface area contributed by atoms with Crippen LogP contribution in [0.3, 0.4) is 0 Å². The van der Waals surface area contributed by atoms with Crippen molar-refractivity contribution in [3.63, 3.8) is 0 Å². The summed E-state index contributed by atoms with van der Waals surface area (Å²) in [5, 5.41) is 6.57. The Hall–Kier alpha value is -1.09. The van der Waals surface area contributed by atoms with E-state index >= 15 is 0 Å². The van der Waals surface area contributed by atoms with E-state index in [-0.39, 0.29) is 0 Å². The van der Waals surface area contributed by atoms with Crippen molar-refractivity contribution in [1.29, 1.82) is 0 Å². The number of rotatable bonds is 5. The number of thiocarbonyl (C=S) groups is 1. The van der Waals surface area contributed by atoms with E-state index in [2.05, 4.69) is 23.8 Å². The predicted octanol–water partition coefficient (Wildman–Crippen LogP) is 1.77. The van der Waals surface area contributed by atoms with Crippen LogP contribution < -0.4 is 10.6 Å². The summed E-state index contributed by atoms with van der Waals surface area (Å²) in [6, 6.07) is 0. The molecule has 0 unspecified atom stereocenters. The van der Waals surface area contributed by atoms with Gasteiger partial charge in [0.05, 0.1) is 0 Å². The first-order chi connectivity index (χ1) is 6.24. The molecule has 0 atom stereocenters. The van der Waals surface area contributed by atoms with Crippen LogP contribution in [0.1, 0.15) is 6.42 Å². The standard InChI is InChI=1S/C10H16N2S/c1-4-6-9(5-2)7-8-12-10(13)11-3/h4-6H,1-2,7-8H2,3H3,(H2,11,12,13)/b9-6+. The van der Waals surface area contributed by atoms with E-state index in [1.165, 1.54) is 0 Å². The first kappa shape index (κ1) is 11.9. The molecule has 0 aromatic rings. The average Bonchev–Trinajstić information content (AvgIpc) is 2.16. The molecule has 0 aromatic carbocycles. The second-order valence-corrected chi connectivity index (χ2v) is 2.85. The lowest BCUT2D eigenvalue weighted by molar-refractivity contribution is 0.854. The molecule has 0 heterocycles. The maximum Gasteiger partial charge on any atom is 0.166 e. The van der Waals surface area contributed by atoms with E-state index in [1.54, 1.807) is 13.1 Å². The molecule has 3 heteroatoms. The molecular weight excluding hydrogens is 180 g/mol. The van der Waals surface area contributed by atoms with Crippen molar-refractivity contribution in [3.8, 4) is 0 Å². The Bertz CT molecular complexity index is 219. The molecular formula is C10H16N2S. The molecule has 2 N–H and O–H groups in total. The fourth-order valence-electron chi connectivity index (χ4n) is 0.814. The molecule has 0 rings (SSSR count). The lowest BCUT2D eigenvalue weighted by Gasteiger charge is -2.06. The van der Waals surface area contributed by atoms with Crippen molar-refractivity contribution in [2.24, 2.45) is 0 Å². The molecule has 2 nitrogen and oxygen atoms in total. The molecule has 0 spiro atoms. The number of allylic oxidation sites excluding steroid dienone is 3. The first-order valence-electron chi connectivity index (χ1n) is 4.14. The maximum absolute atomic E-state index is 4.92. The van der Waals surface area contributed by atoms with Gasteiger partial charge in [0.15, 0.2) is 5.11 Å². The third-order valence-corrected chi connectivity index (χ3v) is 1.87. The van der Waals surface area contributed by atoms with Crippen LogP contribution in [0.2, 0.25) is 0 Å².